The van der Waals surface area contributed by atoms with Crippen LogP contribution in [0.15, 0.2) is 91.0 Å². The van der Waals surface area contributed by atoms with Gasteiger partial charge in [-0.2, -0.15) is 0 Å². The van der Waals surface area contributed by atoms with Crippen LogP contribution in [0.2, 0.25) is 0 Å². The monoisotopic (exact) mass is 410 g/mol. The van der Waals surface area contributed by atoms with Crippen molar-refractivity contribution in [3.8, 4) is 5.75 Å². The summed E-state index contributed by atoms with van der Waals surface area (Å²) in [5, 5.41) is 15.9. The lowest BCUT2D eigenvalue weighted by Gasteiger charge is -2.20. The molecule has 0 unspecified atom stereocenters. The molecule has 0 aliphatic rings. The minimum atomic E-state index is -0.279. The zero-order valence-corrected chi connectivity index (χ0v) is 17.6. The number of carbonyl (C=O) groups excluding carboxylic acids is 1. The smallest absolute Gasteiger partial charge is 0.255 e. The molecule has 4 nitrogen and oxygen atoms in total. The zero-order valence-electron chi connectivity index (χ0n) is 17.6. The number of nitrogens with zero attached hydrogens (tertiary/aromatic N) is 1. The molecule has 31 heavy (non-hydrogen) atoms. The highest BCUT2D eigenvalue weighted by atomic mass is 16.3. The van der Waals surface area contributed by atoms with Crippen LogP contribution in [-0.2, 0) is 19.6 Å². The quantitative estimate of drug-likeness (QED) is 0.445. The Bertz CT molecular complexity index is 1170. The van der Waals surface area contributed by atoms with Crippen molar-refractivity contribution in [2.75, 3.05) is 7.05 Å². The van der Waals surface area contributed by atoms with E-state index in [0.717, 1.165) is 28.4 Å². The maximum atomic E-state index is 12.9. The van der Waals surface area contributed by atoms with Crippen molar-refractivity contribution in [3.05, 3.63) is 113 Å². The van der Waals surface area contributed by atoms with Crippen molar-refractivity contribution in [1.82, 2.24) is 10.2 Å². The molecule has 156 valence electrons. The highest BCUT2D eigenvalue weighted by molar-refractivity contribution is 6.03. The summed E-state index contributed by atoms with van der Waals surface area (Å²) in [5.41, 5.74) is 3.28. The van der Waals surface area contributed by atoms with Gasteiger partial charge in [0.05, 0.1) is 5.56 Å². The van der Waals surface area contributed by atoms with E-state index in [2.05, 4.69) is 22.3 Å². The molecule has 2 N–H and O–H groups in total. The van der Waals surface area contributed by atoms with Crippen molar-refractivity contribution in [2.45, 2.75) is 19.6 Å². The number of hydrogen-bond acceptors (Lipinski definition) is 3. The van der Waals surface area contributed by atoms with Gasteiger partial charge in [0.15, 0.2) is 0 Å². The summed E-state index contributed by atoms with van der Waals surface area (Å²) < 4.78 is 0. The van der Waals surface area contributed by atoms with E-state index in [1.54, 1.807) is 6.07 Å². The largest absolute Gasteiger partial charge is 0.507 e. The Labute approximate surface area is 182 Å². The molecule has 0 aliphatic carbocycles. The van der Waals surface area contributed by atoms with Crippen molar-refractivity contribution >= 4 is 16.7 Å². The van der Waals surface area contributed by atoms with Crippen LogP contribution in [-0.4, -0.2) is 23.0 Å². The second kappa shape index (κ2) is 9.45. The Morgan fingerprint density at radius 1 is 0.839 bits per heavy atom. The van der Waals surface area contributed by atoms with Crippen LogP contribution >= 0.6 is 0 Å². The molecule has 0 bridgehead atoms. The van der Waals surface area contributed by atoms with Crippen LogP contribution in [0.4, 0.5) is 0 Å². The van der Waals surface area contributed by atoms with Gasteiger partial charge in [-0.3, -0.25) is 9.69 Å². The molecule has 0 radical (unpaired) electrons. The Balaban J connectivity index is 1.61. The molecule has 1 amide bonds. The normalized spacial score (nSPS) is 11.0. The number of hydrogen-bond donors (Lipinski definition) is 2. The number of phenols is 1. The third kappa shape index (κ3) is 4.93. The number of rotatable bonds is 7. The maximum Gasteiger partial charge on any atom is 0.255 e. The highest BCUT2D eigenvalue weighted by Crippen LogP contribution is 2.32. The molecule has 4 aromatic carbocycles. The van der Waals surface area contributed by atoms with Gasteiger partial charge in [-0.25, -0.2) is 0 Å². The van der Waals surface area contributed by atoms with Gasteiger partial charge in [0, 0.05) is 25.2 Å². The van der Waals surface area contributed by atoms with Gasteiger partial charge in [-0.05, 0) is 35.0 Å². The Hall–Kier alpha value is -3.63. The van der Waals surface area contributed by atoms with Crippen LogP contribution in [0.5, 0.6) is 5.75 Å². The van der Waals surface area contributed by atoms with Gasteiger partial charge in [0.25, 0.3) is 5.91 Å². The molecule has 0 fully saturated rings. The Morgan fingerprint density at radius 3 is 2.16 bits per heavy atom. The number of phenolic OH excluding ortho intramolecular Hbond substituents is 1. The number of aromatic hydroxyl groups is 1. The van der Waals surface area contributed by atoms with E-state index >= 15 is 0 Å². The van der Waals surface area contributed by atoms with Gasteiger partial charge in [0.2, 0.25) is 0 Å². The van der Waals surface area contributed by atoms with E-state index in [1.165, 1.54) is 5.56 Å². The minimum absolute atomic E-state index is 0.0455. The van der Waals surface area contributed by atoms with Crippen LogP contribution in [0.3, 0.4) is 0 Å². The lowest BCUT2D eigenvalue weighted by Crippen LogP contribution is -2.24. The third-order valence-corrected chi connectivity index (χ3v) is 5.39. The fourth-order valence-corrected chi connectivity index (χ4v) is 3.84. The standard InChI is InChI=1S/C27H26N2O2/c1-29(18-21-12-6-3-7-13-21)19-25-23-15-9-8-14-22(23)16-24(26(25)30)27(31)28-17-20-10-4-2-5-11-20/h2-16,30H,17-19H2,1H3,(H,28,31). The summed E-state index contributed by atoms with van der Waals surface area (Å²) >= 11 is 0. The van der Waals surface area contributed by atoms with E-state index in [1.807, 2.05) is 79.8 Å². The molecule has 4 heteroatoms. The molecule has 4 rings (SSSR count). The molecule has 0 heterocycles. The predicted molar refractivity (Wildman–Crippen MR) is 125 cm³/mol. The van der Waals surface area contributed by atoms with Crippen LogP contribution in [0.25, 0.3) is 10.8 Å². The van der Waals surface area contributed by atoms with E-state index < -0.39 is 0 Å². The first-order valence-corrected chi connectivity index (χ1v) is 10.4. The first kappa shape index (κ1) is 20.6. The Kier molecular flexibility index (Phi) is 6.29. The van der Waals surface area contributed by atoms with Crippen molar-refractivity contribution in [3.63, 3.8) is 0 Å². The fraction of sp³-hybridized carbons (Fsp3) is 0.148. The summed E-state index contributed by atoms with van der Waals surface area (Å²) in [6.45, 7) is 1.69. The van der Waals surface area contributed by atoms with Crippen molar-refractivity contribution in [2.24, 2.45) is 0 Å². The van der Waals surface area contributed by atoms with E-state index in [-0.39, 0.29) is 11.7 Å². The van der Waals surface area contributed by atoms with Crippen LogP contribution in [0.1, 0.15) is 27.0 Å². The summed E-state index contributed by atoms with van der Waals surface area (Å²) in [5.74, 6) is -0.233. The van der Waals surface area contributed by atoms with Gasteiger partial charge in [-0.1, -0.05) is 84.9 Å². The number of fused-ring (bicyclic) bond motifs is 1. The maximum absolute atomic E-state index is 12.9. The summed E-state index contributed by atoms with van der Waals surface area (Å²) in [6.07, 6.45) is 0. The third-order valence-electron chi connectivity index (χ3n) is 5.39. The van der Waals surface area contributed by atoms with E-state index in [0.29, 0.717) is 18.7 Å². The molecule has 0 spiro atoms. The van der Waals surface area contributed by atoms with Crippen molar-refractivity contribution < 1.29 is 9.90 Å². The average Bonchev–Trinajstić information content (AvgIpc) is 2.80. The molecular formula is C27H26N2O2. The summed E-state index contributed by atoms with van der Waals surface area (Å²) in [7, 11) is 2.02. The first-order chi connectivity index (χ1) is 15.1. The van der Waals surface area contributed by atoms with Gasteiger partial charge < -0.3 is 10.4 Å². The average molecular weight is 411 g/mol. The van der Waals surface area contributed by atoms with E-state index in [4.69, 9.17) is 0 Å². The van der Waals surface area contributed by atoms with Gasteiger partial charge in [0.1, 0.15) is 5.75 Å². The van der Waals surface area contributed by atoms with Gasteiger partial charge >= 0.3 is 0 Å². The van der Waals surface area contributed by atoms with Gasteiger partial charge in [-0.15, -0.1) is 0 Å². The predicted octanol–water partition coefficient (Wildman–Crippen LogP) is 5.11. The number of carbonyl (C=O) groups is 1. The summed E-state index contributed by atoms with van der Waals surface area (Å²) in [4.78, 5) is 15.1. The zero-order chi connectivity index (χ0) is 21.6. The molecule has 0 saturated carbocycles. The van der Waals surface area contributed by atoms with Crippen LogP contribution < -0.4 is 5.32 Å². The number of amides is 1. The second-order valence-electron chi connectivity index (χ2n) is 7.80. The molecule has 0 atom stereocenters. The topological polar surface area (TPSA) is 52.6 Å². The van der Waals surface area contributed by atoms with Crippen LogP contribution in [0, 0.1) is 0 Å². The lowest BCUT2D eigenvalue weighted by molar-refractivity contribution is 0.0948. The highest BCUT2D eigenvalue weighted by Gasteiger charge is 2.19. The molecule has 0 saturated heterocycles. The van der Waals surface area contributed by atoms with E-state index in [9.17, 15) is 9.90 Å². The Morgan fingerprint density at radius 2 is 1.45 bits per heavy atom. The SMILES string of the molecule is CN(Cc1ccccc1)Cc1c(O)c(C(=O)NCc2ccccc2)cc2ccccc12. The number of benzene rings is 4. The second-order valence-corrected chi connectivity index (χ2v) is 7.80. The first-order valence-electron chi connectivity index (χ1n) is 10.4. The molecule has 0 aliphatic heterocycles. The number of nitrogens with one attached hydrogen (secondary N) is 1. The fourth-order valence-electron chi connectivity index (χ4n) is 3.84. The molecule has 4 aromatic rings. The molecule has 0 aromatic heterocycles. The lowest BCUT2D eigenvalue weighted by atomic mass is 9.98. The minimum Gasteiger partial charge on any atom is -0.507 e. The van der Waals surface area contributed by atoms with Crippen molar-refractivity contribution in [1.29, 1.82) is 0 Å². The molecular weight excluding hydrogens is 384 g/mol. The summed E-state index contributed by atoms with van der Waals surface area (Å²) in [6, 6.07) is 29.6.